The Hall–Kier alpha value is -4.20. The van der Waals surface area contributed by atoms with E-state index in [1.165, 1.54) is 4.90 Å². The number of benzene rings is 2. The van der Waals surface area contributed by atoms with Crippen LogP contribution in [0.25, 0.3) is 11.0 Å². The first kappa shape index (κ1) is 21.6. The van der Waals surface area contributed by atoms with Gasteiger partial charge in [-0.25, -0.2) is 9.97 Å². The van der Waals surface area contributed by atoms with Gasteiger partial charge in [0.25, 0.3) is 5.91 Å². The number of methoxy groups -OCH3 is 1. The van der Waals surface area contributed by atoms with E-state index in [2.05, 4.69) is 23.8 Å². The van der Waals surface area contributed by atoms with E-state index in [1.54, 1.807) is 62.0 Å². The normalized spacial score (nSPS) is 15.1. The van der Waals surface area contributed by atoms with Gasteiger partial charge in [0, 0.05) is 12.4 Å². The fourth-order valence-corrected chi connectivity index (χ4v) is 4.09. The van der Waals surface area contributed by atoms with Gasteiger partial charge >= 0.3 is 0 Å². The van der Waals surface area contributed by atoms with Crippen molar-refractivity contribution in [2.24, 2.45) is 5.92 Å². The number of carbonyl (C=O) groups is 1. The number of amides is 1. The molecule has 8 heteroatoms. The first-order valence-electron chi connectivity index (χ1n) is 11.0. The molecule has 1 aliphatic heterocycles. The highest BCUT2D eigenvalue weighted by Crippen LogP contribution is 2.42. The molecule has 0 saturated heterocycles. The number of nitrogens with zero attached hydrogens (tertiary/aromatic N) is 3. The molecule has 5 rings (SSSR count). The van der Waals surface area contributed by atoms with Gasteiger partial charge in [-0.15, -0.1) is 0 Å². The van der Waals surface area contributed by atoms with Crippen molar-refractivity contribution in [3.63, 3.8) is 0 Å². The second kappa shape index (κ2) is 8.62. The van der Waals surface area contributed by atoms with Gasteiger partial charge in [-0.2, -0.15) is 0 Å². The lowest BCUT2D eigenvalue weighted by Gasteiger charge is -2.24. The van der Waals surface area contributed by atoms with E-state index in [0.717, 1.165) is 0 Å². The molecule has 0 saturated carbocycles. The van der Waals surface area contributed by atoms with E-state index >= 15 is 0 Å². The van der Waals surface area contributed by atoms with Crippen LogP contribution in [-0.4, -0.2) is 29.6 Å². The van der Waals surface area contributed by atoms with Crippen molar-refractivity contribution in [1.82, 2.24) is 9.97 Å². The Balaban J connectivity index is 1.71. The van der Waals surface area contributed by atoms with Crippen LogP contribution in [-0.2, 0) is 0 Å². The number of aromatic nitrogens is 2. The van der Waals surface area contributed by atoms with Crippen molar-refractivity contribution in [1.29, 1.82) is 0 Å². The van der Waals surface area contributed by atoms with Gasteiger partial charge in [-0.05, 0) is 41.8 Å². The third kappa shape index (κ3) is 3.57. The predicted molar refractivity (Wildman–Crippen MR) is 126 cm³/mol. The van der Waals surface area contributed by atoms with Crippen LogP contribution < -0.4 is 19.8 Å². The SMILES string of the molecule is COc1cc(C2c3c(oc4ccccc4c3=O)C(=O)N2c2ncccn2)ccc1OCC(C)C. The third-order valence-electron chi connectivity index (χ3n) is 5.62. The summed E-state index contributed by atoms with van der Waals surface area (Å²) in [5.41, 5.74) is 0.974. The Kier molecular flexibility index (Phi) is 5.49. The zero-order valence-electron chi connectivity index (χ0n) is 19.0. The Morgan fingerprint density at radius 2 is 1.79 bits per heavy atom. The lowest BCUT2D eigenvalue weighted by molar-refractivity contribution is 0.0969. The van der Waals surface area contributed by atoms with Crippen LogP contribution in [0.5, 0.6) is 11.5 Å². The van der Waals surface area contributed by atoms with Gasteiger partial charge in [0.2, 0.25) is 11.7 Å². The summed E-state index contributed by atoms with van der Waals surface area (Å²) < 4.78 is 17.4. The van der Waals surface area contributed by atoms with Crippen LogP contribution in [0, 0.1) is 5.92 Å². The zero-order chi connectivity index (χ0) is 23.8. The maximum atomic E-state index is 13.6. The molecule has 1 unspecified atom stereocenters. The second-order valence-electron chi connectivity index (χ2n) is 8.41. The van der Waals surface area contributed by atoms with Crippen molar-refractivity contribution < 1.29 is 18.7 Å². The summed E-state index contributed by atoms with van der Waals surface area (Å²) in [5, 5.41) is 0.402. The zero-order valence-corrected chi connectivity index (χ0v) is 19.0. The number of rotatable bonds is 6. The smallest absolute Gasteiger partial charge is 0.297 e. The van der Waals surface area contributed by atoms with Gasteiger partial charge in [0.05, 0.1) is 30.7 Å². The average molecular weight is 457 g/mol. The predicted octanol–water partition coefficient (Wildman–Crippen LogP) is 4.38. The third-order valence-corrected chi connectivity index (χ3v) is 5.62. The molecular weight excluding hydrogens is 434 g/mol. The molecule has 1 aliphatic rings. The molecule has 4 aromatic rings. The summed E-state index contributed by atoms with van der Waals surface area (Å²) in [7, 11) is 1.55. The molecule has 3 heterocycles. The standard InChI is InChI=1S/C26H23N3O5/c1-15(2)14-33-19-10-9-16(13-20(19)32-3)22-21-23(30)17-7-4-5-8-18(17)34-24(21)25(31)29(22)26-27-11-6-12-28-26/h4-13,15,22H,14H2,1-3H3. The highest BCUT2D eigenvalue weighted by atomic mass is 16.5. The Bertz CT molecular complexity index is 1430. The molecule has 2 aromatic heterocycles. The maximum absolute atomic E-state index is 13.6. The van der Waals surface area contributed by atoms with E-state index in [1.807, 2.05) is 6.07 Å². The summed E-state index contributed by atoms with van der Waals surface area (Å²) in [6, 6.07) is 13.1. The number of anilines is 1. The fraction of sp³-hybridized carbons (Fsp3) is 0.231. The van der Waals surface area contributed by atoms with E-state index in [4.69, 9.17) is 13.9 Å². The van der Waals surface area contributed by atoms with Gasteiger partial charge in [-0.3, -0.25) is 14.5 Å². The van der Waals surface area contributed by atoms with Gasteiger partial charge < -0.3 is 13.9 Å². The van der Waals surface area contributed by atoms with Crippen LogP contribution in [0.2, 0.25) is 0 Å². The van der Waals surface area contributed by atoms with Crippen LogP contribution in [0.1, 0.15) is 41.6 Å². The first-order chi connectivity index (χ1) is 16.5. The minimum atomic E-state index is -0.793. The number of para-hydroxylation sites is 1. The summed E-state index contributed by atoms with van der Waals surface area (Å²) in [6.07, 6.45) is 3.09. The summed E-state index contributed by atoms with van der Waals surface area (Å²) in [5.74, 6) is 1.10. The Labute approximate surface area is 195 Å². The van der Waals surface area contributed by atoms with Crippen molar-refractivity contribution in [2.75, 3.05) is 18.6 Å². The van der Waals surface area contributed by atoms with Crippen molar-refractivity contribution >= 4 is 22.8 Å². The molecule has 34 heavy (non-hydrogen) atoms. The molecule has 0 spiro atoms. The highest BCUT2D eigenvalue weighted by molar-refractivity contribution is 6.09. The number of carbonyl (C=O) groups excluding carboxylic acids is 1. The summed E-state index contributed by atoms with van der Waals surface area (Å²) in [6.45, 7) is 4.65. The van der Waals surface area contributed by atoms with E-state index in [-0.39, 0.29) is 22.7 Å². The van der Waals surface area contributed by atoms with E-state index in [0.29, 0.717) is 40.6 Å². The minimum Gasteiger partial charge on any atom is -0.493 e. The quantitative estimate of drug-likeness (QED) is 0.424. The molecule has 1 atom stereocenters. The topological polar surface area (TPSA) is 94.8 Å². The van der Waals surface area contributed by atoms with Crippen molar-refractivity contribution in [3.8, 4) is 11.5 Å². The van der Waals surface area contributed by atoms with Gasteiger partial charge in [-0.1, -0.05) is 32.0 Å². The lowest BCUT2D eigenvalue weighted by Crippen LogP contribution is -2.31. The fourth-order valence-electron chi connectivity index (χ4n) is 4.09. The number of ether oxygens (including phenoxy) is 2. The molecule has 1 amide bonds. The average Bonchev–Trinajstić information content (AvgIpc) is 3.15. The molecule has 2 aromatic carbocycles. The molecule has 172 valence electrons. The Morgan fingerprint density at radius 1 is 1.03 bits per heavy atom. The molecule has 0 fully saturated rings. The summed E-state index contributed by atoms with van der Waals surface area (Å²) in [4.78, 5) is 37.1. The van der Waals surface area contributed by atoms with Crippen LogP contribution in [0.4, 0.5) is 5.95 Å². The maximum Gasteiger partial charge on any atom is 0.297 e. The monoisotopic (exact) mass is 457 g/mol. The summed E-state index contributed by atoms with van der Waals surface area (Å²) >= 11 is 0. The van der Waals surface area contributed by atoms with Crippen LogP contribution in [0.15, 0.2) is 70.1 Å². The lowest BCUT2D eigenvalue weighted by atomic mass is 9.98. The first-order valence-corrected chi connectivity index (χ1v) is 11.0. The molecule has 0 radical (unpaired) electrons. The molecule has 0 aliphatic carbocycles. The van der Waals surface area contributed by atoms with Crippen molar-refractivity contribution in [2.45, 2.75) is 19.9 Å². The number of fused-ring (bicyclic) bond motifs is 2. The molecule has 0 N–H and O–H groups in total. The van der Waals surface area contributed by atoms with Gasteiger partial charge in [0.15, 0.2) is 16.9 Å². The number of hydrogen-bond donors (Lipinski definition) is 0. The largest absolute Gasteiger partial charge is 0.493 e. The molecular formula is C26H23N3O5. The van der Waals surface area contributed by atoms with Crippen molar-refractivity contribution in [3.05, 3.63) is 88.0 Å². The minimum absolute atomic E-state index is 0.0137. The highest BCUT2D eigenvalue weighted by Gasteiger charge is 2.45. The Morgan fingerprint density at radius 3 is 2.53 bits per heavy atom. The molecule has 0 bridgehead atoms. The second-order valence-corrected chi connectivity index (χ2v) is 8.41. The van der Waals surface area contributed by atoms with E-state index < -0.39 is 11.9 Å². The van der Waals surface area contributed by atoms with Crippen LogP contribution in [0.3, 0.4) is 0 Å². The van der Waals surface area contributed by atoms with Gasteiger partial charge in [0.1, 0.15) is 5.58 Å². The van der Waals surface area contributed by atoms with Crippen LogP contribution >= 0.6 is 0 Å². The van der Waals surface area contributed by atoms with E-state index in [9.17, 15) is 9.59 Å². The molecule has 8 nitrogen and oxygen atoms in total. The number of hydrogen-bond acceptors (Lipinski definition) is 7.